The van der Waals surface area contributed by atoms with Crippen molar-refractivity contribution in [3.05, 3.63) is 69.7 Å². The summed E-state index contributed by atoms with van der Waals surface area (Å²) in [6, 6.07) is 13.8. The molecule has 5 unspecified atom stereocenters. The number of nitrogens with one attached hydrogen (secondary N) is 1. The molecule has 1 saturated heterocycles. The number of hydrogen-bond acceptors (Lipinski definition) is 4. The van der Waals surface area contributed by atoms with Crippen molar-refractivity contribution in [3.63, 3.8) is 0 Å². The van der Waals surface area contributed by atoms with Gasteiger partial charge in [0.1, 0.15) is 0 Å². The van der Waals surface area contributed by atoms with E-state index in [1.54, 1.807) is 30.0 Å². The SMILES string of the molecule is CCC(CNS(=O)(=O)C1(C)CC1)N1C(=O)C2(CC(c3cccc(Cl)c3)C1c1ccc(Cl)cc1)CC2C(=O)O. The van der Waals surface area contributed by atoms with Crippen molar-refractivity contribution < 1.29 is 23.1 Å². The maximum atomic E-state index is 14.3. The third kappa shape index (κ3) is 4.74. The molecule has 10 heteroatoms. The molecule has 2 aliphatic carbocycles. The van der Waals surface area contributed by atoms with E-state index in [9.17, 15) is 23.1 Å². The zero-order valence-electron chi connectivity index (χ0n) is 21.4. The summed E-state index contributed by atoms with van der Waals surface area (Å²) >= 11 is 12.6. The molecule has 5 atom stereocenters. The molecule has 0 aromatic heterocycles. The number of carboxylic acids is 1. The Morgan fingerprint density at radius 3 is 2.34 bits per heavy atom. The highest BCUT2D eigenvalue weighted by Crippen LogP contribution is 2.65. The van der Waals surface area contributed by atoms with Crippen molar-refractivity contribution in [2.75, 3.05) is 6.54 Å². The number of likely N-dealkylation sites (tertiary alicyclic amines) is 1. The van der Waals surface area contributed by atoms with Crippen molar-refractivity contribution in [1.29, 1.82) is 0 Å². The largest absolute Gasteiger partial charge is 0.481 e. The monoisotopic (exact) mass is 578 g/mol. The van der Waals surface area contributed by atoms with Crippen molar-refractivity contribution >= 4 is 45.1 Å². The fourth-order valence-electron chi connectivity index (χ4n) is 6.01. The summed E-state index contributed by atoms with van der Waals surface area (Å²) < 4.78 is 27.9. The van der Waals surface area contributed by atoms with Gasteiger partial charge in [-0.15, -0.1) is 0 Å². The van der Waals surface area contributed by atoms with Crippen LogP contribution in [0.2, 0.25) is 10.0 Å². The topological polar surface area (TPSA) is 104 Å². The molecule has 0 bridgehead atoms. The Bertz CT molecular complexity index is 1360. The van der Waals surface area contributed by atoms with Gasteiger partial charge in [0.25, 0.3) is 0 Å². The highest BCUT2D eigenvalue weighted by Gasteiger charge is 2.69. The van der Waals surface area contributed by atoms with Crippen LogP contribution in [0, 0.1) is 11.3 Å². The third-order valence-corrected chi connectivity index (χ3v) is 11.5. The Hall–Kier alpha value is -2.13. The first kappa shape index (κ1) is 27.4. The molecule has 1 aliphatic heterocycles. The first-order chi connectivity index (χ1) is 17.9. The lowest BCUT2D eigenvalue weighted by Gasteiger charge is -2.49. The van der Waals surface area contributed by atoms with Gasteiger partial charge in [0.15, 0.2) is 0 Å². The van der Waals surface area contributed by atoms with Crippen molar-refractivity contribution in [1.82, 2.24) is 9.62 Å². The van der Waals surface area contributed by atoms with Gasteiger partial charge in [-0.3, -0.25) is 9.59 Å². The van der Waals surface area contributed by atoms with Crippen molar-refractivity contribution in [3.8, 4) is 0 Å². The summed E-state index contributed by atoms with van der Waals surface area (Å²) in [5, 5.41) is 11.0. The Labute approximate surface area is 233 Å². The number of rotatable bonds is 9. The van der Waals surface area contributed by atoms with Crippen LogP contribution in [0.1, 0.15) is 69.0 Å². The van der Waals surface area contributed by atoms with E-state index in [4.69, 9.17) is 23.2 Å². The van der Waals surface area contributed by atoms with Crippen LogP contribution in [0.25, 0.3) is 0 Å². The summed E-state index contributed by atoms with van der Waals surface area (Å²) in [6.45, 7) is 3.70. The number of hydrogen-bond donors (Lipinski definition) is 2. The van der Waals surface area contributed by atoms with Gasteiger partial charge in [0.2, 0.25) is 15.9 Å². The molecule has 3 aliphatic rings. The van der Waals surface area contributed by atoms with Crippen LogP contribution in [-0.2, 0) is 19.6 Å². The normalized spacial score (nSPS) is 28.8. The summed E-state index contributed by atoms with van der Waals surface area (Å²) in [4.78, 5) is 28.1. The van der Waals surface area contributed by atoms with E-state index in [1.807, 2.05) is 37.3 Å². The summed E-state index contributed by atoms with van der Waals surface area (Å²) in [5.74, 6) is -2.23. The van der Waals surface area contributed by atoms with Crippen LogP contribution in [0.5, 0.6) is 0 Å². The van der Waals surface area contributed by atoms with Crippen LogP contribution in [0.15, 0.2) is 48.5 Å². The maximum Gasteiger partial charge on any atom is 0.307 e. The Morgan fingerprint density at radius 1 is 1.11 bits per heavy atom. The Balaban J connectivity index is 1.60. The van der Waals surface area contributed by atoms with E-state index in [1.165, 1.54) is 0 Å². The van der Waals surface area contributed by atoms with Crippen LogP contribution in [-0.4, -0.2) is 47.6 Å². The van der Waals surface area contributed by atoms with Crippen molar-refractivity contribution in [2.45, 2.75) is 68.7 Å². The van der Waals surface area contributed by atoms with Gasteiger partial charge < -0.3 is 10.0 Å². The number of sulfonamides is 1. The van der Waals surface area contributed by atoms with Gasteiger partial charge in [0, 0.05) is 28.5 Å². The van der Waals surface area contributed by atoms with Gasteiger partial charge in [-0.1, -0.05) is 54.4 Å². The Morgan fingerprint density at radius 2 is 1.79 bits per heavy atom. The molecule has 2 aromatic carbocycles. The molecule has 1 amide bonds. The standard InChI is InChI=1S/C28H32Cl2N2O5S/c1-3-21(16-31-38(36,37)27(2)11-12-27)32-24(17-7-9-19(29)10-8-17)22(18-5-4-6-20(30)13-18)14-28(26(32)35)15-23(28)25(33)34/h4-10,13,21-24,31H,3,11-12,14-16H2,1-2H3,(H,33,34). The van der Waals surface area contributed by atoms with E-state index in [-0.39, 0.29) is 24.8 Å². The molecule has 38 heavy (non-hydrogen) atoms. The minimum atomic E-state index is -3.56. The first-order valence-electron chi connectivity index (χ1n) is 13.0. The molecule has 0 radical (unpaired) electrons. The number of carbonyl (C=O) groups is 2. The van der Waals surface area contributed by atoms with Crippen LogP contribution < -0.4 is 4.72 Å². The molecule has 1 spiro atoms. The fraction of sp³-hybridized carbons (Fsp3) is 0.500. The van der Waals surface area contributed by atoms with Gasteiger partial charge >= 0.3 is 5.97 Å². The van der Waals surface area contributed by atoms with E-state index in [2.05, 4.69) is 4.72 Å². The van der Waals surface area contributed by atoms with Crippen LogP contribution in [0.4, 0.5) is 0 Å². The van der Waals surface area contributed by atoms with E-state index in [0.29, 0.717) is 35.7 Å². The average molecular weight is 580 g/mol. The maximum absolute atomic E-state index is 14.3. The smallest absolute Gasteiger partial charge is 0.307 e. The minimum absolute atomic E-state index is 0.0559. The zero-order chi connectivity index (χ0) is 27.5. The second-order valence-electron chi connectivity index (χ2n) is 11.2. The molecule has 2 aromatic rings. The lowest BCUT2D eigenvalue weighted by atomic mass is 9.72. The second kappa shape index (κ2) is 9.81. The van der Waals surface area contributed by atoms with E-state index < -0.39 is 44.2 Å². The predicted octanol–water partition coefficient (Wildman–Crippen LogP) is 5.39. The molecule has 2 N–H and O–H groups in total. The number of benzene rings is 2. The molecular weight excluding hydrogens is 547 g/mol. The molecule has 3 fully saturated rings. The van der Waals surface area contributed by atoms with Crippen molar-refractivity contribution in [2.24, 2.45) is 11.3 Å². The molecule has 7 nitrogen and oxygen atoms in total. The van der Waals surface area contributed by atoms with Crippen LogP contribution in [0.3, 0.4) is 0 Å². The Kier molecular flexibility index (Phi) is 7.08. The number of nitrogens with zero attached hydrogens (tertiary/aromatic N) is 1. The minimum Gasteiger partial charge on any atom is -0.481 e. The number of carboxylic acid groups (broad SMARTS) is 1. The quantitative estimate of drug-likeness (QED) is 0.415. The number of halogens is 2. The van der Waals surface area contributed by atoms with Gasteiger partial charge in [-0.2, -0.15) is 0 Å². The van der Waals surface area contributed by atoms with Gasteiger partial charge in [0.05, 0.1) is 22.1 Å². The van der Waals surface area contributed by atoms with E-state index in [0.717, 1.165) is 11.1 Å². The van der Waals surface area contributed by atoms with Gasteiger partial charge in [-0.05, 0) is 74.4 Å². The molecule has 204 valence electrons. The fourth-order valence-corrected chi connectivity index (χ4v) is 7.73. The highest BCUT2D eigenvalue weighted by molar-refractivity contribution is 7.91. The highest BCUT2D eigenvalue weighted by atomic mass is 35.5. The summed E-state index contributed by atoms with van der Waals surface area (Å²) in [7, 11) is -3.56. The number of carbonyl (C=O) groups excluding carboxylic acids is 1. The molecule has 1 heterocycles. The molecular formula is C28H32Cl2N2O5S. The van der Waals surface area contributed by atoms with Crippen LogP contribution >= 0.6 is 23.2 Å². The molecule has 5 rings (SSSR count). The number of piperidine rings is 1. The predicted molar refractivity (Wildman–Crippen MR) is 147 cm³/mol. The van der Waals surface area contributed by atoms with Gasteiger partial charge in [-0.25, -0.2) is 13.1 Å². The third-order valence-electron chi connectivity index (χ3n) is 8.76. The summed E-state index contributed by atoms with van der Waals surface area (Å²) in [5.41, 5.74) is 0.730. The average Bonchev–Trinajstić information content (AvgIpc) is 3.79. The first-order valence-corrected chi connectivity index (χ1v) is 15.2. The zero-order valence-corrected chi connectivity index (χ0v) is 23.7. The summed E-state index contributed by atoms with van der Waals surface area (Å²) in [6.07, 6.45) is 2.34. The number of amides is 1. The van der Waals surface area contributed by atoms with E-state index >= 15 is 0 Å². The molecule has 2 saturated carbocycles. The lowest BCUT2D eigenvalue weighted by molar-refractivity contribution is -0.153. The number of aliphatic carboxylic acids is 1. The second-order valence-corrected chi connectivity index (χ2v) is 14.3. The lowest BCUT2D eigenvalue weighted by Crippen LogP contribution is -2.56.